The molecule has 7 heteroatoms. The molecule has 0 saturated heterocycles. The first-order chi connectivity index (χ1) is 10.4. The molecule has 1 aromatic rings. The van der Waals surface area contributed by atoms with Crippen LogP contribution >= 0.6 is 0 Å². The van der Waals surface area contributed by atoms with Crippen LogP contribution in [-0.4, -0.2) is 16.5 Å². The molecule has 22 heavy (non-hydrogen) atoms. The maximum absolute atomic E-state index is 12.7. The lowest BCUT2D eigenvalue weighted by Gasteiger charge is -2.17. The first-order valence-electron chi connectivity index (χ1n) is 7.44. The van der Waals surface area contributed by atoms with E-state index in [0.29, 0.717) is 0 Å². The number of rotatable bonds is 3. The Bertz CT molecular complexity index is 573. The lowest BCUT2D eigenvalue weighted by Crippen LogP contribution is -2.39. The molecule has 1 fully saturated rings. The summed E-state index contributed by atoms with van der Waals surface area (Å²) in [5.41, 5.74) is -2.44. The number of alkyl halides is 3. The van der Waals surface area contributed by atoms with Crippen LogP contribution in [0, 0.1) is 0 Å². The van der Waals surface area contributed by atoms with Crippen molar-refractivity contribution < 1.29 is 18.0 Å². The van der Waals surface area contributed by atoms with E-state index in [4.69, 9.17) is 0 Å². The van der Waals surface area contributed by atoms with Crippen molar-refractivity contribution in [2.24, 2.45) is 0 Å². The summed E-state index contributed by atoms with van der Waals surface area (Å²) in [4.78, 5) is 23.7. The Kier molecular flexibility index (Phi) is 5.26. The molecule has 1 saturated carbocycles. The van der Waals surface area contributed by atoms with Crippen molar-refractivity contribution in [1.29, 1.82) is 0 Å². The number of aromatic nitrogens is 1. The minimum atomic E-state index is -4.71. The molecular weight excluding hydrogens is 297 g/mol. The molecule has 1 aliphatic rings. The molecule has 0 bridgehead atoms. The molecule has 0 atom stereocenters. The van der Waals surface area contributed by atoms with Crippen LogP contribution in [0.2, 0.25) is 0 Å². The molecule has 1 amide bonds. The minimum Gasteiger partial charge on any atom is -0.352 e. The molecule has 1 heterocycles. The van der Waals surface area contributed by atoms with Gasteiger partial charge in [0.2, 0.25) is 5.91 Å². The highest BCUT2D eigenvalue weighted by atomic mass is 19.4. The molecule has 0 radical (unpaired) electrons. The monoisotopic (exact) mass is 316 g/mol. The van der Waals surface area contributed by atoms with Crippen LogP contribution in [-0.2, 0) is 17.5 Å². The fourth-order valence-electron chi connectivity index (χ4n) is 2.73. The predicted molar refractivity (Wildman–Crippen MR) is 75.3 cm³/mol. The number of pyridine rings is 1. The SMILES string of the molecule is O=C(Cn1cccc(C(F)(F)F)c1=O)NC1CCCCCC1. The Labute approximate surface area is 126 Å². The number of hydrogen-bond donors (Lipinski definition) is 1. The Hall–Kier alpha value is -1.79. The van der Waals surface area contributed by atoms with Gasteiger partial charge in [-0.05, 0) is 25.0 Å². The van der Waals surface area contributed by atoms with Gasteiger partial charge < -0.3 is 9.88 Å². The van der Waals surface area contributed by atoms with Crippen LogP contribution < -0.4 is 10.9 Å². The normalized spacial score (nSPS) is 17.0. The van der Waals surface area contributed by atoms with Gasteiger partial charge in [-0.2, -0.15) is 13.2 Å². The smallest absolute Gasteiger partial charge is 0.352 e. The van der Waals surface area contributed by atoms with Gasteiger partial charge in [-0.25, -0.2) is 0 Å². The largest absolute Gasteiger partial charge is 0.421 e. The maximum atomic E-state index is 12.7. The lowest BCUT2D eigenvalue weighted by molar-refractivity contribution is -0.139. The van der Waals surface area contributed by atoms with E-state index >= 15 is 0 Å². The fraction of sp³-hybridized carbons (Fsp3) is 0.600. The van der Waals surface area contributed by atoms with Crippen LogP contribution in [0.5, 0.6) is 0 Å². The molecule has 0 aromatic carbocycles. The van der Waals surface area contributed by atoms with Crippen molar-refractivity contribution in [2.45, 2.75) is 57.3 Å². The third-order valence-electron chi connectivity index (χ3n) is 3.86. The van der Waals surface area contributed by atoms with Crippen molar-refractivity contribution in [3.8, 4) is 0 Å². The summed E-state index contributed by atoms with van der Waals surface area (Å²) in [6, 6.07) is 1.90. The first-order valence-corrected chi connectivity index (χ1v) is 7.44. The highest BCUT2D eigenvalue weighted by Gasteiger charge is 2.34. The van der Waals surface area contributed by atoms with Crippen LogP contribution in [0.4, 0.5) is 13.2 Å². The van der Waals surface area contributed by atoms with E-state index in [9.17, 15) is 22.8 Å². The molecule has 1 N–H and O–H groups in total. The second-order valence-electron chi connectivity index (χ2n) is 5.61. The van der Waals surface area contributed by atoms with Crippen molar-refractivity contribution >= 4 is 5.91 Å². The molecule has 1 aromatic heterocycles. The summed E-state index contributed by atoms with van der Waals surface area (Å²) < 4.78 is 38.8. The van der Waals surface area contributed by atoms with E-state index in [0.717, 1.165) is 55.2 Å². The van der Waals surface area contributed by atoms with Crippen LogP contribution in [0.15, 0.2) is 23.1 Å². The van der Waals surface area contributed by atoms with Crippen molar-refractivity contribution in [3.63, 3.8) is 0 Å². The van der Waals surface area contributed by atoms with Gasteiger partial charge in [-0.1, -0.05) is 25.7 Å². The molecule has 0 spiro atoms. The lowest BCUT2D eigenvalue weighted by atomic mass is 10.1. The molecule has 0 aliphatic heterocycles. The Morgan fingerprint density at radius 3 is 2.45 bits per heavy atom. The van der Waals surface area contributed by atoms with E-state index in [2.05, 4.69) is 5.32 Å². The van der Waals surface area contributed by atoms with Crippen molar-refractivity contribution in [1.82, 2.24) is 9.88 Å². The number of carbonyl (C=O) groups is 1. The van der Waals surface area contributed by atoms with Crippen LogP contribution in [0.1, 0.15) is 44.1 Å². The van der Waals surface area contributed by atoms with Crippen LogP contribution in [0.25, 0.3) is 0 Å². The third-order valence-corrected chi connectivity index (χ3v) is 3.86. The molecule has 122 valence electrons. The van der Waals surface area contributed by atoms with Gasteiger partial charge in [0.05, 0.1) is 0 Å². The van der Waals surface area contributed by atoms with Gasteiger partial charge >= 0.3 is 6.18 Å². The maximum Gasteiger partial charge on any atom is 0.421 e. The van der Waals surface area contributed by atoms with Crippen molar-refractivity contribution in [3.05, 3.63) is 34.2 Å². The summed E-state index contributed by atoms with van der Waals surface area (Å²) in [6.45, 7) is -0.390. The second kappa shape index (κ2) is 6.98. The van der Waals surface area contributed by atoms with E-state index in [-0.39, 0.29) is 12.6 Å². The number of nitrogens with zero attached hydrogens (tertiary/aromatic N) is 1. The van der Waals surface area contributed by atoms with Gasteiger partial charge in [-0.15, -0.1) is 0 Å². The molecule has 0 unspecified atom stereocenters. The Balaban J connectivity index is 2.04. The minimum absolute atomic E-state index is 0.0523. The van der Waals surface area contributed by atoms with Gasteiger partial charge in [0, 0.05) is 12.2 Å². The van der Waals surface area contributed by atoms with Gasteiger partial charge in [0.25, 0.3) is 5.56 Å². The van der Waals surface area contributed by atoms with Gasteiger partial charge in [-0.3, -0.25) is 9.59 Å². The molecule has 2 rings (SSSR count). The Morgan fingerprint density at radius 1 is 1.23 bits per heavy atom. The van der Waals surface area contributed by atoms with E-state index in [1.807, 2.05) is 0 Å². The number of carbonyl (C=O) groups excluding carboxylic acids is 1. The van der Waals surface area contributed by atoms with E-state index in [1.54, 1.807) is 0 Å². The summed E-state index contributed by atoms with van der Waals surface area (Å²) in [5.74, 6) is -0.423. The zero-order valence-electron chi connectivity index (χ0n) is 12.2. The average molecular weight is 316 g/mol. The van der Waals surface area contributed by atoms with E-state index < -0.39 is 23.2 Å². The second-order valence-corrected chi connectivity index (χ2v) is 5.61. The number of hydrogen-bond acceptors (Lipinski definition) is 2. The van der Waals surface area contributed by atoms with Crippen LogP contribution in [0.3, 0.4) is 0 Å². The zero-order chi connectivity index (χ0) is 16.2. The highest BCUT2D eigenvalue weighted by molar-refractivity contribution is 5.76. The first kappa shape index (κ1) is 16.6. The molecular formula is C15H19F3N2O2. The van der Waals surface area contributed by atoms with Gasteiger partial charge in [0.15, 0.2) is 0 Å². The predicted octanol–water partition coefficient (Wildman–Crippen LogP) is 2.71. The summed E-state index contributed by atoms with van der Waals surface area (Å²) >= 11 is 0. The van der Waals surface area contributed by atoms with E-state index in [1.165, 1.54) is 6.20 Å². The van der Waals surface area contributed by atoms with Crippen molar-refractivity contribution in [2.75, 3.05) is 0 Å². The van der Waals surface area contributed by atoms with Gasteiger partial charge in [0.1, 0.15) is 12.1 Å². The standard InChI is InChI=1S/C15H19F3N2O2/c16-15(17,18)12-8-5-9-20(14(12)22)10-13(21)19-11-6-3-1-2-4-7-11/h5,8-9,11H,1-4,6-7,10H2,(H,19,21). The fourth-order valence-corrected chi connectivity index (χ4v) is 2.73. The molecule has 4 nitrogen and oxygen atoms in total. The number of nitrogens with one attached hydrogen (secondary N) is 1. The third kappa shape index (κ3) is 4.35. The zero-order valence-corrected chi connectivity index (χ0v) is 12.2. The summed E-state index contributed by atoms with van der Waals surface area (Å²) in [5, 5.41) is 2.81. The average Bonchev–Trinajstić information content (AvgIpc) is 2.68. The summed E-state index contributed by atoms with van der Waals surface area (Å²) in [6.07, 6.45) is 2.59. The Morgan fingerprint density at radius 2 is 1.86 bits per heavy atom. The quantitative estimate of drug-likeness (QED) is 0.872. The summed E-state index contributed by atoms with van der Waals surface area (Å²) in [7, 11) is 0. The number of halogens is 3. The molecule has 1 aliphatic carbocycles. The highest BCUT2D eigenvalue weighted by Crippen LogP contribution is 2.26. The number of amides is 1. The topological polar surface area (TPSA) is 51.1 Å².